The topological polar surface area (TPSA) is 188 Å². The van der Waals surface area contributed by atoms with Crippen LogP contribution in [0.2, 0.25) is 5.15 Å². The second-order valence-corrected chi connectivity index (χ2v) is 7.48. The summed E-state index contributed by atoms with van der Waals surface area (Å²) in [5.41, 5.74) is 0.213. The third kappa shape index (κ3) is 8.83. The molecule has 168 valence electrons. The van der Waals surface area contributed by atoms with Crippen LogP contribution >= 0.6 is 43.5 Å². The number of nitrogens with one attached hydrogen (secondary N) is 1. The highest BCUT2D eigenvalue weighted by molar-refractivity contribution is 9.10. The van der Waals surface area contributed by atoms with Gasteiger partial charge in [-0.2, -0.15) is 0 Å². The van der Waals surface area contributed by atoms with Gasteiger partial charge in [-0.25, -0.2) is 4.98 Å². The minimum atomic E-state index is -0.573. The van der Waals surface area contributed by atoms with Crippen LogP contribution in [-0.2, 0) is 0 Å². The molecule has 0 unspecified atom stereocenters. The zero-order valence-electron chi connectivity index (χ0n) is 15.8. The van der Waals surface area contributed by atoms with Crippen molar-refractivity contribution in [1.82, 2.24) is 15.0 Å². The van der Waals surface area contributed by atoms with E-state index in [1.54, 1.807) is 6.92 Å². The molecule has 0 saturated heterocycles. The largest absolute Gasteiger partial charge is 0.323 e. The summed E-state index contributed by atoms with van der Waals surface area (Å²) in [6.45, 7) is 1.77. The zero-order chi connectivity index (χ0) is 24.4. The van der Waals surface area contributed by atoms with Gasteiger partial charge in [0.2, 0.25) is 5.56 Å². The van der Waals surface area contributed by atoms with Crippen molar-refractivity contribution in [2.75, 3.05) is 0 Å². The predicted molar refractivity (Wildman–Crippen MR) is 121 cm³/mol. The van der Waals surface area contributed by atoms with Gasteiger partial charge >= 0.3 is 0 Å². The number of aryl methyl sites for hydroxylation is 1. The molecule has 0 bridgehead atoms. The third-order valence-electron chi connectivity index (χ3n) is 3.19. The number of aromatic nitrogens is 3. The van der Waals surface area contributed by atoms with E-state index in [1.165, 1.54) is 18.3 Å². The molecule has 1 N–H and O–H groups in total. The first-order valence-electron chi connectivity index (χ1n) is 7.97. The van der Waals surface area contributed by atoms with Crippen LogP contribution in [0.1, 0.15) is 5.69 Å². The average Bonchev–Trinajstić information content (AvgIpc) is 2.73. The van der Waals surface area contributed by atoms with E-state index in [0.29, 0.717) is 8.95 Å². The van der Waals surface area contributed by atoms with E-state index >= 15 is 0 Å². The Morgan fingerprint density at radius 1 is 0.875 bits per heavy atom. The molecule has 0 radical (unpaired) electrons. The summed E-state index contributed by atoms with van der Waals surface area (Å²) in [5.74, 6) is 0. The Kier molecular flexibility index (Phi) is 10.5. The van der Waals surface area contributed by atoms with Gasteiger partial charge in [-0.15, -0.1) is 0 Å². The number of pyridine rings is 3. The van der Waals surface area contributed by atoms with Crippen LogP contribution in [0, 0.1) is 37.3 Å². The lowest BCUT2D eigenvalue weighted by molar-refractivity contribution is -0.385. The molecule has 0 amide bonds. The van der Waals surface area contributed by atoms with Gasteiger partial charge in [-0.1, -0.05) is 11.6 Å². The first-order chi connectivity index (χ1) is 14.9. The number of hydrogen-bond donors (Lipinski definition) is 1. The lowest BCUT2D eigenvalue weighted by atomic mass is 10.3. The van der Waals surface area contributed by atoms with Crippen LogP contribution in [0.15, 0.2) is 56.6 Å². The number of aromatic amines is 1. The molecule has 3 aromatic rings. The highest BCUT2D eigenvalue weighted by atomic mass is 79.9. The van der Waals surface area contributed by atoms with Crippen molar-refractivity contribution in [3.63, 3.8) is 0 Å². The van der Waals surface area contributed by atoms with Crippen molar-refractivity contribution >= 4 is 60.5 Å². The second-order valence-electron chi connectivity index (χ2n) is 5.41. The lowest BCUT2D eigenvalue weighted by Gasteiger charge is -1.94. The fourth-order valence-electron chi connectivity index (χ4n) is 1.62. The van der Waals surface area contributed by atoms with Gasteiger partial charge in [0.1, 0.15) is 17.5 Å². The summed E-state index contributed by atoms with van der Waals surface area (Å²) in [6.07, 6.45) is 3.40. The lowest BCUT2D eigenvalue weighted by Crippen LogP contribution is -2.02. The second kappa shape index (κ2) is 12.5. The Bertz CT molecular complexity index is 1130. The first kappa shape index (κ1) is 26.7. The molecule has 0 fully saturated rings. The molecular formula is C16H11Br2ClN6O7. The molecule has 0 aliphatic rings. The van der Waals surface area contributed by atoms with E-state index in [4.69, 9.17) is 11.6 Å². The van der Waals surface area contributed by atoms with Crippen LogP contribution in [0.25, 0.3) is 0 Å². The Labute approximate surface area is 200 Å². The van der Waals surface area contributed by atoms with Gasteiger partial charge in [0, 0.05) is 28.7 Å². The normalized spacial score (nSPS) is 9.50. The molecule has 0 spiro atoms. The van der Waals surface area contributed by atoms with E-state index in [1.807, 2.05) is 0 Å². The number of nitro groups is 3. The fraction of sp³-hybridized carbons (Fsp3) is 0.0625. The van der Waals surface area contributed by atoms with Gasteiger partial charge in [-0.05, 0) is 38.8 Å². The maximum Gasteiger partial charge on any atom is 0.288 e. The molecule has 16 heteroatoms. The SMILES string of the molecule is Cc1ncc([N+](=O)[O-])cc1Br.O=[N+]([O-])c1cnc(Cl)c(Br)c1.O=c1ccc([N+](=O)[O-])c[nH]1. The molecule has 0 aliphatic carbocycles. The smallest absolute Gasteiger partial charge is 0.288 e. The summed E-state index contributed by atoms with van der Waals surface area (Å²) in [5, 5.41) is 30.6. The standard InChI is InChI=1S/C6H5BrN2O2.C5H2BrClN2O2.C5H4N2O3/c1-4-6(7)2-5(3-8-4)9(10)11;6-4-1-3(9(10)11)2-8-5(4)7;8-5-2-1-4(3-6-5)7(9)10/h2-3H,1H3;1-2H;1-3H,(H,6,8). The van der Waals surface area contributed by atoms with E-state index in [-0.39, 0.29) is 27.8 Å². The van der Waals surface area contributed by atoms with Crippen molar-refractivity contribution in [2.24, 2.45) is 0 Å². The van der Waals surface area contributed by atoms with Crippen LogP contribution in [-0.4, -0.2) is 29.7 Å². The van der Waals surface area contributed by atoms with Crippen molar-refractivity contribution in [1.29, 1.82) is 0 Å². The van der Waals surface area contributed by atoms with Crippen LogP contribution in [0.3, 0.4) is 0 Å². The summed E-state index contributed by atoms with van der Waals surface area (Å²) >= 11 is 11.7. The van der Waals surface area contributed by atoms with Gasteiger partial charge in [0.05, 0.1) is 31.1 Å². The highest BCUT2D eigenvalue weighted by Crippen LogP contribution is 2.23. The molecule has 0 saturated carbocycles. The Balaban J connectivity index is 0.000000240. The monoisotopic (exact) mass is 592 g/mol. The molecule has 3 rings (SSSR count). The van der Waals surface area contributed by atoms with Crippen molar-refractivity contribution in [2.45, 2.75) is 6.92 Å². The fourth-order valence-corrected chi connectivity index (χ4v) is 2.40. The quantitative estimate of drug-likeness (QED) is 0.253. The molecule has 3 aromatic heterocycles. The van der Waals surface area contributed by atoms with Gasteiger partial charge in [0.25, 0.3) is 17.1 Å². The number of H-pyrrole nitrogens is 1. The molecule has 0 aliphatic heterocycles. The molecule has 13 nitrogen and oxygen atoms in total. The van der Waals surface area contributed by atoms with Crippen molar-refractivity contribution < 1.29 is 14.8 Å². The predicted octanol–water partition coefficient (Wildman–Crippen LogP) is 4.75. The number of hydrogen-bond acceptors (Lipinski definition) is 9. The Hall–Kier alpha value is -3.30. The first-order valence-corrected chi connectivity index (χ1v) is 9.93. The summed E-state index contributed by atoms with van der Waals surface area (Å²) in [4.78, 5) is 48.7. The third-order valence-corrected chi connectivity index (χ3v) is 5.13. The van der Waals surface area contributed by atoms with Crippen LogP contribution in [0.4, 0.5) is 17.1 Å². The number of rotatable bonds is 3. The summed E-state index contributed by atoms with van der Waals surface area (Å²) in [7, 11) is 0. The average molecular weight is 595 g/mol. The molecule has 0 atom stereocenters. The highest BCUT2D eigenvalue weighted by Gasteiger charge is 2.08. The van der Waals surface area contributed by atoms with Crippen molar-refractivity contribution in [3.05, 3.63) is 103 Å². The van der Waals surface area contributed by atoms with E-state index in [0.717, 1.165) is 30.2 Å². The maximum absolute atomic E-state index is 10.4. The van der Waals surface area contributed by atoms with E-state index < -0.39 is 14.8 Å². The number of halogens is 3. The molecule has 0 aromatic carbocycles. The zero-order valence-corrected chi connectivity index (χ0v) is 19.7. The van der Waals surface area contributed by atoms with Crippen molar-refractivity contribution in [3.8, 4) is 0 Å². The molecule has 32 heavy (non-hydrogen) atoms. The minimum Gasteiger partial charge on any atom is -0.323 e. The summed E-state index contributed by atoms with van der Waals surface area (Å²) < 4.78 is 1.08. The van der Waals surface area contributed by atoms with Crippen LogP contribution < -0.4 is 5.56 Å². The number of nitrogens with zero attached hydrogens (tertiary/aromatic N) is 5. The molecule has 3 heterocycles. The van der Waals surface area contributed by atoms with Crippen LogP contribution in [0.5, 0.6) is 0 Å². The van der Waals surface area contributed by atoms with Gasteiger partial charge in [-0.3, -0.25) is 40.1 Å². The van der Waals surface area contributed by atoms with Gasteiger partial charge in [0.15, 0.2) is 0 Å². The maximum atomic E-state index is 10.4. The van der Waals surface area contributed by atoms with Gasteiger partial charge < -0.3 is 4.98 Å². The Morgan fingerprint density at radius 2 is 1.38 bits per heavy atom. The van der Waals surface area contributed by atoms with E-state index in [9.17, 15) is 35.1 Å². The summed E-state index contributed by atoms with van der Waals surface area (Å²) in [6, 6.07) is 4.99. The van der Waals surface area contributed by atoms with E-state index in [2.05, 4.69) is 46.8 Å². The molecular weight excluding hydrogens is 583 g/mol. The minimum absolute atomic E-state index is 0.00229. The Morgan fingerprint density at radius 3 is 1.78 bits per heavy atom.